The molecule has 94 valence electrons. The topological polar surface area (TPSA) is 35.2 Å². The van der Waals surface area contributed by atoms with Gasteiger partial charge in [-0.2, -0.15) is 0 Å². The molecule has 2 heteroatoms. The van der Waals surface area contributed by atoms with Gasteiger partial charge in [0.2, 0.25) is 0 Å². The Hall–Kier alpha value is -1.02. The smallest absolute Gasteiger partial charge is 0.125 e. The number of rotatable bonds is 5. The summed E-state index contributed by atoms with van der Waals surface area (Å²) >= 11 is 0. The van der Waals surface area contributed by atoms with E-state index in [2.05, 4.69) is 32.9 Å². The van der Waals surface area contributed by atoms with E-state index in [9.17, 15) is 0 Å². The van der Waals surface area contributed by atoms with Gasteiger partial charge in [0.05, 0.1) is 6.61 Å². The molecule has 0 spiro atoms. The van der Waals surface area contributed by atoms with E-state index in [-0.39, 0.29) is 0 Å². The molecule has 0 radical (unpaired) electrons. The molecule has 0 amide bonds. The van der Waals surface area contributed by atoms with Crippen molar-refractivity contribution in [1.29, 1.82) is 0 Å². The Morgan fingerprint density at radius 2 is 2.06 bits per heavy atom. The Bertz CT molecular complexity index is 396. The van der Waals surface area contributed by atoms with Crippen molar-refractivity contribution in [3.05, 3.63) is 28.8 Å². The molecule has 2 N–H and O–H groups in total. The predicted octanol–water partition coefficient (Wildman–Crippen LogP) is 3.15. The van der Waals surface area contributed by atoms with Crippen LogP contribution >= 0.6 is 0 Å². The average molecular weight is 233 g/mol. The largest absolute Gasteiger partial charge is 0.493 e. The van der Waals surface area contributed by atoms with E-state index in [1.54, 1.807) is 0 Å². The van der Waals surface area contributed by atoms with Crippen molar-refractivity contribution in [3.8, 4) is 5.75 Å². The van der Waals surface area contributed by atoms with Crippen molar-refractivity contribution in [2.75, 3.05) is 13.2 Å². The van der Waals surface area contributed by atoms with Crippen LogP contribution < -0.4 is 10.5 Å². The second-order valence-electron chi connectivity index (χ2n) is 5.32. The molecule has 1 atom stereocenters. The summed E-state index contributed by atoms with van der Waals surface area (Å²) in [7, 11) is 0. The van der Waals surface area contributed by atoms with Gasteiger partial charge >= 0.3 is 0 Å². The SMILES string of the molecule is Cc1ccc(C(C)CN)c(OCC2CC2)c1C. The molecule has 0 aliphatic heterocycles. The zero-order chi connectivity index (χ0) is 12.4. The number of nitrogens with two attached hydrogens (primary N) is 1. The first-order valence-electron chi connectivity index (χ1n) is 6.56. The molecule has 0 aromatic heterocycles. The van der Waals surface area contributed by atoms with E-state index < -0.39 is 0 Å². The van der Waals surface area contributed by atoms with Gasteiger partial charge < -0.3 is 10.5 Å². The van der Waals surface area contributed by atoms with Crippen LogP contribution in [-0.2, 0) is 0 Å². The Morgan fingerprint density at radius 3 is 2.65 bits per heavy atom. The lowest BCUT2D eigenvalue weighted by molar-refractivity contribution is 0.293. The predicted molar refractivity (Wildman–Crippen MR) is 71.6 cm³/mol. The van der Waals surface area contributed by atoms with Crippen LogP contribution in [0.15, 0.2) is 12.1 Å². The number of hydrogen-bond acceptors (Lipinski definition) is 2. The van der Waals surface area contributed by atoms with Crippen LogP contribution in [0.3, 0.4) is 0 Å². The van der Waals surface area contributed by atoms with E-state index in [4.69, 9.17) is 10.5 Å². The molecule has 2 rings (SSSR count). The fourth-order valence-corrected chi connectivity index (χ4v) is 2.00. The molecule has 1 saturated carbocycles. The van der Waals surface area contributed by atoms with Gasteiger partial charge in [0.25, 0.3) is 0 Å². The zero-order valence-corrected chi connectivity index (χ0v) is 11.1. The molecule has 0 heterocycles. The quantitative estimate of drug-likeness (QED) is 0.848. The van der Waals surface area contributed by atoms with Crippen molar-refractivity contribution in [3.63, 3.8) is 0 Å². The van der Waals surface area contributed by atoms with E-state index in [1.807, 2.05) is 0 Å². The lowest BCUT2D eigenvalue weighted by Gasteiger charge is -2.19. The molecule has 2 nitrogen and oxygen atoms in total. The van der Waals surface area contributed by atoms with Gasteiger partial charge in [-0.25, -0.2) is 0 Å². The fraction of sp³-hybridized carbons (Fsp3) is 0.600. The summed E-state index contributed by atoms with van der Waals surface area (Å²) in [5.74, 6) is 2.23. The maximum absolute atomic E-state index is 6.04. The third-order valence-electron chi connectivity index (χ3n) is 3.75. The highest BCUT2D eigenvalue weighted by atomic mass is 16.5. The summed E-state index contributed by atoms with van der Waals surface area (Å²) < 4.78 is 6.04. The molecule has 1 aliphatic rings. The first-order chi connectivity index (χ1) is 8.13. The minimum atomic E-state index is 0.364. The van der Waals surface area contributed by atoms with Crippen LogP contribution in [-0.4, -0.2) is 13.2 Å². The monoisotopic (exact) mass is 233 g/mol. The molecular formula is C15H23NO. The van der Waals surface area contributed by atoms with E-state index in [0.717, 1.165) is 18.3 Å². The van der Waals surface area contributed by atoms with Crippen LogP contribution in [0, 0.1) is 19.8 Å². The second-order valence-corrected chi connectivity index (χ2v) is 5.32. The lowest BCUT2D eigenvalue weighted by atomic mass is 9.95. The molecule has 1 unspecified atom stereocenters. The summed E-state index contributed by atoms with van der Waals surface area (Å²) in [6.45, 7) is 7.98. The molecule has 1 aromatic carbocycles. The van der Waals surface area contributed by atoms with Crippen molar-refractivity contribution in [2.24, 2.45) is 11.7 Å². The maximum Gasteiger partial charge on any atom is 0.125 e. The summed E-state index contributed by atoms with van der Waals surface area (Å²) in [5.41, 5.74) is 9.60. The molecule has 0 bridgehead atoms. The van der Waals surface area contributed by atoms with Gasteiger partial charge in [0.15, 0.2) is 0 Å². The van der Waals surface area contributed by atoms with Gasteiger partial charge in [-0.05, 0) is 61.8 Å². The summed E-state index contributed by atoms with van der Waals surface area (Å²) in [5, 5.41) is 0. The van der Waals surface area contributed by atoms with E-state index in [1.165, 1.54) is 29.5 Å². The van der Waals surface area contributed by atoms with Crippen LogP contribution in [0.4, 0.5) is 0 Å². The normalized spacial score (nSPS) is 16.9. The van der Waals surface area contributed by atoms with Gasteiger partial charge in [-0.1, -0.05) is 19.1 Å². The minimum absolute atomic E-state index is 0.364. The van der Waals surface area contributed by atoms with Crippen LogP contribution in [0.1, 0.15) is 42.4 Å². The summed E-state index contributed by atoms with van der Waals surface area (Å²) in [6, 6.07) is 4.34. The highest BCUT2D eigenvalue weighted by Crippen LogP contribution is 2.35. The zero-order valence-electron chi connectivity index (χ0n) is 11.1. The number of aryl methyl sites for hydroxylation is 1. The third-order valence-corrected chi connectivity index (χ3v) is 3.75. The first kappa shape index (κ1) is 12.4. The van der Waals surface area contributed by atoms with Crippen LogP contribution in [0.5, 0.6) is 5.75 Å². The molecule has 17 heavy (non-hydrogen) atoms. The molecule has 1 fully saturated rings. The Kier molecular flexibility index (Phi) is 3.72. The average Bonchev–Trinajstić information content (AvgIpc) is 3.14. The minimum Gasteiger partial charge on any atom is -0.493 e. The fourth-order valence-electron chi connectivity index (χ4n) is 2.00. The van der Waals surface area contributed by atoms with Crippen molar-refractivity contribution in [2.45, 2.75) is 39.5 Å². The molecule has 1 aromatic rings. The third kappa shape index (κ3) is 2.81. The van der Waals surface area contributed by atoms with Crippen molar-refractivity contribution >= 4 is 0 Å². The highest BCUT2D eigenvalue weighted by molar-refractivity contribution is 5.47. The molecule has 1 aliphatic carbocycles. The van der Waals surface area contributed by atoms with E-state index >= 15 is 0 Å². The first-order valence-corrected chi connectivity index (χ1v) is 6.56. The van der Waals surface area contributed by atoms with Crippen LogP contribution in [0.2, 0.25) is 0 Å². The van der Waals surface area contributed by atoms with Crippen molar-refractivity contribution < 1.29 is 4.74 Å². The highest BCUT2D eigenvalue weighted by Gasteiger charge is 2.23. The van der Waals surface area contributed by atoms with Gasteiger partial charge in [-0.3, -0.25) is 0 Å². The Balaban J connectivity index is 2.25. The van der Waals surface area contributed by atoms with Crippen LogP contribution in [0.25, 0.3) is 0 Å². The number of benzene rings is 1. The second kappa shape index (κ2) is 5.09. The Morgan fingerprint density at radius 1 is 1.35 bits per heavy atom. The Labute approximate surface area is 104 Å². The number of hydrogen-bond donors (Lipinski definition) is 1. The molecule has 0 saturated heterocycles. The van der Waals surface area contributed by atoms with Gasteiger partial charge in [0.1, 0.15) is 5.75 Å². The summed E-state index contributed by atoms with van der Waals surface area (Å²) in [6.07, 6.45) is 2.65. The molecular weight excluding hydrogens is 210 g/mol. The lowest BCUT2D eigenvalue weighted by Crippen LogP contribution is -2.12. The number of ether oxygens (including phenoxy) is 1. The summed E-state index contributed by atoms with van der Waals surface area (Å²) in [4.78, 5) is 0. The standard InChI is InChI=1S/C15H23NO/c1-10-4-7-14(11(2)8-16)15(12(10)3)17-9-13-5-6-13/h4,7,11,13H,5-6,8-9,16H2,1-3H3. The maximum atomic E-state index is 6.04. The van der Waals surface area contributed by atoms with Crippen molar-refractivity contribution in [1.82, 2.24) is 0 Å². The van der Waals surface area contributed by atoms with E-state index in [0.29, 0.717) is 12.5 Å². The van der Waals surface area contributed by atoms with Gasteiger partial charge in [0, 0.05) is 0 Å². The van der Waals surface area contributed by atoms with Gasteiger partial charge in [-0.15, -0.1) is 0 Å².